The molecule has 0 aliphatic carbocycles. The van der Waals surface area contributed by atoms with Crippen LogP contribution in [0, 0.1) is 0 Å². The van der Waals surface area contributed by atoms with Gasteiger partial charge >= 0.3 is 5.97 Å². The Morgan fingerprint density at radius 1 is 0.895 bits per heavy atom. The molecule has 0 aliphatic heterocycles. The molecule has 0 rings (SSSR count). The van der Waals surface area contributed by atoms with Crippen molar-refractivity contribution in [2.45, 2.75) is 58.3 Å². The maximum atomic E-state index is 10.9. The van der Waals surface area contributed by atoms with Crippen molar-refractivity contribution in [3.63, 3.8) is 0 Å². The van der Waals surface area contributed by atoms with Crippen LogP contribution in [0.2, 0.25) is 0 Å². The minimum Gasteiger partial charge on any atom is -0.469 e. The van der Waals surface area contributed by atoms with Gasteiger partial charge in [0, 0.05) is 6.42 Å². The maximum absolute atomic E-state index is 10.9. The summed E-state index contributed by atoms with van der Waals surface area (Å²) < 4.78 is 4.59. The third-order valence-corrected chi connectivity index (χ3v) is 2.73. The number of carbonyl (C=O) groups excluding carboxylic acids is 1. The normalized spacial score (nSPS) is 11.9. The fourth-order valence-electron chi connectivity index (χ4n) is 1.58. The van der Waals surface area contributed by atoms with Crippen LogP contribution in [-0.2, 0) is 9.53 Å². The Hall–Kier alpha value is -1.31. The molecule has 0 heterocycles. The zero-order chi connectivity index (χ0) is 14.2. The molecule has 0 bridgehead atoms. The highest BCUT2D eigenvalue weighted by atomic mass is 16.5. The van der Waals surface area contributed by atoms with Crippen LogP contribution < -0.4 is 0 Å². The molecule has 0 spiro atoms. The zero-order valence-electron chi connectivity index (χ0n) is 12.4. The molecule has 0 radical (unpaired) electrons. The molecule has 0 N–H and O–H groups in total. The molecule has 0 aliphatic rings. The van der Waals surface area contributed by atoms with E-state index in [1.807, 2.05) is 0 Å². The second kappa shape index (κ2) is 14.7. The van der Waals surface area contributed by atoms with E-state index in [2.05, 4.69) is 48.1 Å². The first-order chi connectivity index (χ1) is 9.31. The first kappa shape index (κ1) is 17.7. The van der Waals surface area contributed by atoms with Crippen molar-refractivity contribution in [1.82, 2.24) is 0 Å². The molecule has 0 aromatic heterocycles. The summed E-state index contributed by atoms with van der Waals surface area (Å²) in [6.07, 6.45) is 21.2. The fraction of sp³-hybridized carbons (Fsp3) is 0.588. The highest BCUT2D eigenvalue weighted by Crippen LogP contribution is 2.02. The Kier molecular flexibility index (Phi) is 13.7. The Labute approximate surface area is 118 Å². The Balaban J connectivity index is 3.34. The van der Waals surface area contributed by atoms with Crippen molar-refractivity contribution in [3.05, 3.63) is 36.5 Å². The van der Waals surface area contributed by atoms with E-state index < -0.39 is 0 Å². The Morgan fingerprint density at radius 3 is 2.05 bits per heavy atom. The number of unbranched alkanes of at least 4 members (excludes halogenated alkanes) is 3. The van der Waals surface area contributed by atoms with Crippen LogP contribution in [0.1, 0.15) is 58.3 Å². The molecule has 108 valence electrons. The number of esters is 1. The molecule has 2 heteroatoms. The third kappa shape index (κ3) is 14.6. The third-order valence-electron chi connectivity index (χ3n) is 2.73. The first-order valence-corrected chi connectivity index (χ1v) is 7.33. The predicted octanol–water partition coefficient (Wildman–Crippen LogP) is 4.97. The number of rotatable bonds is 11. The van der Waals surface area contributed by atoms with Gasteiger partial charge in [-0.05, 0) is 38.5 Å². The summed E-state index contributed by atoms with van der Waals surface area (Å²) in [4.78, 5) is 10.9. The summed E-state index contributed by atoms with van der Waals surface area (Å²) in [6, 6.07) is 0. The number of allylic oxidation sites excluding steroid dienone is 6. The highest BCUT2D eigenvalue weighted by Gasteiger charge is 1.97. The average Bonchev–Trinajstić information content (AvgIpc) is 2.43. The van der Waals surface area contributed by atoms with Gasteiger partial charge in [0.15, 0.2) is 0 Å². The van der Waals surface area contributed by atoms with Gasteiger partial charge in [0.05, 0.1) is 7.11 Å². The molecule has 0 atom stereocenters. The number of methoxy groups -OCH3 is 1. The van der Waals surface area contributed by atoms with Gasteiger partial charge in [-0.25, -0.2) is 0 Å². The summed E-state index contributed by atoms with van der Waals surface area (Å²) >= 11 is 0. The fourth-order valence-corrected chi connectivity index (χ4v) is 1.58. The zero-order valence-corrected chi connectivity index (χ0v) is 12.4. The molecule has 19 heavy (non-hydrogen) atoms. The lowest BCUT2D eigenvalue weighted by Gasteiger charge is -1.96. The van der Waals surface area contributed by atoms with Gasteiger partial charge in [0.25, 0.3) is 0 Å². The van der Waals surface area contributed by atoms with Crippen molar-refractivity contribution in [2.24, 2.45) is 0 Å². The molecule has 0 saturated carbocycles. The number of hydrogen-bond acceptors (Lipinski definition) is 2. The van der Waals surface area contributed by atoms with Crippen molar-refractivity contribution in [3.8, 4) is 0 Å². The van der Waals surface area contributed by atoms with E-state index in [4.69, 9.17) is 0 Å². The van der Waals surface area contributed by atoms with Crippen LogP contribution in [0.3, 0.4) is 0 Å². The minimum absolute atomic E-state index is 0.108. The lowest BCUT2D eigenvalue weighted by Crippen LogP contribution is -1.98. The van der Waals surface area contributed by atoms with Gasteiger partial charge in [-0.1, -0.05) is 49.8 Å². The molecule has 0 amide bonds. The largest absolute Gasteiger partial charge is 0.469 e. The van der Waals surface area contributed by atoms with Gasteiger partial charge < -0.3 is 4.74 Å². The van der Waals surface area contributed by atoms with Gasteiger partial charge in [-0.15, -0.1) is 0 Å². The standard InChI is InChI=1S/C17H28O2/c1-3-4-5-6-7-8-9-10-11-12-13-14-15-16-17(18)19-2/h5-6,8-9,11-12H,3-4,7,10,13-16H2,1-2H3/b6-5+,9-8+,12-11+. The van der Waals surface area contributed by atoms with Gasteiger partial charge in [-0.3, -0.25) is 4.79 Å². The molecule has 0 aromatic rings. The lowest BCUT2D eigenvalue weighted by molar-refractivity contribution is -0.140. The van der Waals surface area contributed by atoms with Crippen molar-refractivity contribution < 1.29 is 9.53 Å². The summed E-state index contributed by atoms with van der Waals surface area (Å²) in [5, 5.41) is 0. The van der Waals surface area contributed by atoms with E-state index in [0.717, 1.165) is 32.1 Å². The molecular weight excluding hydrogens is 236 g/mol. The molecule has 0 aromatic carbocycles. The first-order valence-electron chi connectivity index (χ1n) is 7.33. The Morgan fingerprint density at radius 2 is 1.47 bits per heavy atom. The van der Waals surface area contributed by atoms with E-state index in [9.17, 15) is 4.79 Å². The SMILES string of the molecule is CCC/C=C/C/C=C/C/C=C/CCCCC(=O)OC. The van der Waals surface area contributed by atoms with Crippen molar-refractivity contribution in [1.29, 1.82) is 0 Å². The van der Waals surface area contributed by atoms with E-state index >= 15 is 0 Å². The molecule has 0 unspecified atom stereocenters. The number of carbonyl (C=O) groups is 1. The monoisotopic (exact) mass is 264 g/mol. The van der Waals surface area contributed by atoms with E-state index in [1.165, 1.54) is 20.0 Å². The Bertz CT molecular complexity index is 288. The van der Waals surface area contributed by atoms with Gasteiger partial charge in [0.2, 0.25) is 0 Å². The molecule has 0 saturated heterocycles. The van der Waals surface area contributed by atoms with Crippen LogP contribution in [0.4, 0.5) is 0 Å². The second-order valence-corrected chi connectivity index (χ2v) is 4.50. The summed E-state index contributed by atoms with van der Waals surface area (Å²) in [5.74, 6) is -0.108. The van der Waals surface area contributed by atoms with Crippen LogP contribution >= 0.6 is 0 Å². The van der Waals surface area contributed by atoms with Crippen LogP contribution in [0.5, 0.6) is 0 Å². The van der Waals surface area contributed by atoms with Gasteiger partial charge in [-0.2, -0.15) is 0 Å². The van der Waals surface area contributed by atoms with E-state index in [-0.39, 0.29) is 5.97 Å². The molecule has 2 nitrogen and oxygen atoms in total. The molecule has 0 fully saturated rings. The quantitative estimate of drug-likeness (QED) is 0.299. The summed E-state index contributed by atoms with van der Waals surface area (Å²) in [7, 11) is 1.44. The van der Waals surface area contributed by atoms with Crippen LogP contribution in [-0.4, -0.2) is 13.1 Å². The van der Waals surface area contributed by atoms with E-state index in [1.54, 1.807) is 0 Å². The minimum atomic E-state index is -0.108. The topological polar surface area (TPSA) is 26.3 Å². The maximum Gasteiger partial charge on any atom is 0.305 e. The predicted molar refractivity (Wildman–Crippen MR) is 82.0 cm³/mol. The number of hydrogen-bond donors (Lipinski definition) is 0. The molecular formula is C17H28O2. The smallest absolute Gasteiger partial charge is 0.305 e. The highest BCUT2D eigenvalue weighted by molar-refractivity contribution is 5.68. The summed E-state index contributed by atoms with van der Waals surface area (Å²) in [6.45, 7) is 2.19. The van der Waals surface area contributed by atoms with E-state index in [0.29, 0.717) is 6.42 Å². The van der Waals surface area contributed by atoms with Crippen LogP contribution in [0.15, 0.2) is 36.5 Å². The average molecular weight is 264 g/mol. The van der Waals surface area contributed by atoms with Crippen LogP contribution in [0.25, 0.3) is 0 Å². The second-order valence-electron chi connectivity index (χ2n) is 4.50. The lowest BCUT2D eigenvalue weighted by atomic mass is 10.2. The summed E-state index contributed by atoms with van der Waals surface area (Å²) in [5.41, 5.74) is 0. The number of ether oxygens (including phenoxy) is 1. The van der Waals surface area contributed by atoms with Crippen molar-refractivity contribution in [2.75, 3.05) is 7.11 Å². The van der Waals surface area contributed by atoms with Crippen molar-refractivity contribution >= 4 is 5.97 Å². The van der Waals surface area contributed by atoms with Gasteiger partial charge in [0.1, 0.15) is 0 Å².